The molecule has 100 valence electrons. The Bertz CT molecular complexity index is 689. The molecule has 0 saturated heterocycles. The smallest absolute Gasteiger partial charge is 0.244 e. The van der Waals surface area contributed by atoms with Gasteiger partial charge in [-0.25, -0.2) is 17.5 Å². The van der Waals surface area contributed by atoms with Crippen LogP contribution in [0, 0.1) is 5.82 Å². The van der Waals surface area contributed by atoms with Crippen molar-refractivity contribution in [1.82, 2.24) is 9.71 Å². The molecule has 0 bridgehead atoms. The van der Waals surface area contributed by atoms with Crippen molar-refractivity contribution < 1.29 is 12.8 Å². The molecule has 0 aliphatic rings. The van der Waals surface area contributed by atoms with Crippen molar-refractivity contribution >= 4 is 15.7 Å². The van der Waals surface area contributed by atoms with Gasteiger partial charge in [0.15, 0.2) is 0 Å². The van der Waals surface area contributed by atoms with Gasteiger partial charge < -0.3 is 5.73 Å². The maximum Gasteiger partial charge on any atom is 0.244 e. The van der Waals surface area contributed by atoms with Crippen LogP contribution in [0.3, 0.4) is 0 Å². The van der Waals surface area contributed by atoms with Crippen molar-refractivity contribution in [2.75, 3.05) is 5.73 Å². The van der Waals surface area contributed by atoms with Crippen LogP contribution >= 0.6 is 0 Å². The van der Waals surface area contributed by atoms with Crippen molar-refractivity contribution in [2.24, 2.45) is 0 Å². The van der Waals surface area contributed by atoms with E-state index in [-0.39, 0.29) is 22.7 Å². The van der Waals surface area contributed by atoms with Crippen LogP contribution in [0.1, 0.15) is 5.56 Å². The van der Waals surface area contributed by atoms with E-state index >= 15 is 0 Å². The van der Waals surface area contributed by atoms with Crippen molar-refractivity contribution in [1.29, 1.82) is 0 Å². The number of hydrogen-bond acceptors (Lipinski definition) is 4. The van der Waals surface area contributed by atoms with Gasteiger partial charge in [0.25, 0.3) is 0 Å². The number of nitrogens with one attached hydrogen (secondary N) is 1. The highest BCUT2D eigenvalue weighted by Gasteiger charge is 2.17. The highest BCUT2D eigenvalue weighted by Crippen LogP contribution is 2.16. The van der Waals surface area contributed by atoms with Crippen molar-refractivity contribution in [3.05, 3.63) is 54.1 Å². The number of halogens is 1. The Morgan fingerprint density at radius 1 is 1.26 bits per heavy atom. The van der Waals surface area contributed by atoms with Gasteiger partial charge in [-0.05, 0) is 12.1 Å². The van der Waals surface area contributed by atoms with E-state index in [0.29, 0.717) is 0 Å². The highest BCUT2D eigenvalue weighted by molar-refractivity contribution is 7.89. The molecule has 19 heavy (non-hydrogen) atoms. The molecule has 0 radical (unpaired) electrons. The fraction of sp³-hybridized carbons (Fsp3) is 0.0833. The molecule has 0 fully saturated rings. The summed E-state index contributed by atoms with van der Waals surface area (Å²) < 4.78 is 39.6. The first-order chi connectivity index (χ1) is 9.00. The number of benzene rings is 1. The molecular formula is C12H12FN3O2S. The van der Waals surface area contributed by atoms with E-state index in [1.807, 2.05) is 0 Å². The molecule has 2 aromatic rings. The summed E-state index contributed by atoms with van der Waals surface area (Å²) in [5.74, 6) is -0.468. The molecule has 7 heteroatoms. The molecule has 0 atom stereocenters. The average molecular weight is 281 g/mol. The second-order valence-corrected chi connectivity index (χ2v) is 5.56. The number of aromatic nitrogens is 1. The van der Waals surface area contributed by atoms with Gasteiger partial charge >= 0.3 is 0 Å². The summed E-state index contributed by atoms with van der Waals surface area (Å²) in [6.07, 6.45) is 2.55. The number of nitrogens with zero attached hydrogens (tertiary/aromatic N) is 1. The number of pyridine rings is 1. The van der Waals surface area contributed by atoms with E-state index in [4.69, 9.17) is 5.73 Å². The molecule has 5 nitrogen and oxygen atoms in total. The maximum absolute atomic E-state index is 13.4. The van der Waals surface area contributed by atoms with Crippen molar-refractivity contribution in [3.63, 3.8) is 0 Å². The van der Waals surface area contributed by atoms with E-state index in [2.05, 4.69) is 9.71 Å². The van der Waals surface area contributed by atoms with Crippen LogP contribution in [-0.2, 0) is 16.6 Å². The van der Waals surface area contributed by atoms with Crippen LogP contribution in [0.5, 0.6) is 0 Å². The second-order valence-electron chi connectivity index (χ2n) is 3.83. The molecule has 1 aromatic heterocycles. The van der Waals surface area contributed by atoms with Crippen molar-refractivity contribution in [3.8, 4) is 0 Å². The third kappa shape index (κ3) is 3.07. The predicted octanol–water partition coefficient (Wildman–Crippen LogP) is 1.28. The van der Waals surface area contributed by atoms with E-state index < -0.39 is 15.8 Å². The maximum atomic E-state index is 13.4. The van der Waals surface area contributed by atoms with E-state index in [1.165, 1.54) is 30.5 Å². The quantitative estimate of drug-likeness (QED) is 0.884. The number of nitrogens with two attached hydrogens (primary N) is 1. The molecule has 1 heterocycles. The molecule has 0 saturated carbocycles. The summed E-state index contributed by atoms with van der Waals surface area (Å²) in [5, 5.41) is 0. The Morgan fingerprint density at radius 3 is 2.68 bits per heavy atom. The minimum Gasteiger partial charge on any atom is -0.398 e. The molecule has 3 N–H and O–H groups in total. The van der Waals surface area contributed by atoms with Crippen molar-refractivity contribution in [2.45, 2.75) is 11.4 Å². The standard InChI is InChI=1S/C12H12FN3O2S/c13-10-4-2-1-3-9(10)7-16-19(17,18)12-8-15-6-5-11(12)14/h1-6,8,16H,7H2,(H2,14,15). The third-order valence-corrected chi connectivity index (χ3v) is 3.96. The Labute approximate surface area is 110 Å². The minimum absolute atomic E-state index is 0.0935. The van der Waals surface area contributed by atoms with Crippen LogP contribution in [0.4, 0.5) is 10.1 Å². The average Bonchev–Trinajstić information content (AvgIpc) is 2.38. The summed E-state index contributed by atoms with van der Waals surface area (Å²) in [4.78, 5) is 3.59. The lowest BCUT2D eigenvalue weighted by molar-refractivity contribution is 0.574. The fourth-order valence-electron chi connectivity index (χ4n) is 1.51. The molecule has 1 aromatic carbocycles. The Kier molecular flexibility index (Phi) is 3.77. The zero-order valence-electron chi connectivity index (χ0n) is 9.88. The first-order valence-corrected chi connectivity index (χ1v) is 6.91. The zero-order chi connectivity index (χ0) is 13.9. The summed E-state index contributed by atoms with van der Waals surface area (Å²) in [5.41, 5.74) is 5.92. The van der Waals surface area contributed by atoms with Gasteiger partial charge in [0.1, 0.15) is 10.7 Å². The molecule has 0 aliphatic carbocycles. The van der Waals surface area contributed by atoms with Crippen LogP contribution < -0.4 is 10.5 Å². The molecule has 0 amide bonds. The molecular weight excluding hydrogens is 269 g/mol. The monoisotopic (exact) mass is 281 g/mol. The Balaban J connectivity index is 2.20. The SMILES string of the molecule is Nc1ccncc1S(=O)(=O)NCc1ccccc1F. The number of hydrogen-bond donors (Lipinski definition) is 2. The lowest BCUT2D eigenvalue weighted by Crippen LogP contribution is -2.24. The predicted molar refractivity (Wildman–Crippen MR) is 69.1 cm³/mol. The molecule has 0 aliphatic heterocycles. The minimum atomic E-state index is -3.81. The fourth-order valence-corrected chi connectivity index (χ4v) is 2.59. The van der Waals surface area contributed by atoms with Gasteiger partial charge in [0.05, 0.1) is 5.69 Å². The second kappa shape index (κ2) is 5.33. The lowest BCUT2D eigenvalue weighted by Gasteiger charge is -2.08. The van der Waals surface area contributed by atoms with E-state index in [1.54, 1.807) is 6.07 Å². The van der Waals surface area contributed by atoms with E-state index in [9.17, 15) is 12.8 Å². The van der Waals surface area contributed by atoms with Gasteiger partial charge in [0, 0.05) is 24.5 Å². The zero-order valence-corrected chi connectivity index (χ0v) is 10.7. The van der Waals surface area contributed by atoms with Gasteiger partial charge in [0.2, 0.25) is 10.0 Å². The number of anilines is 1. The van der Waals surface area contributed by atoms with Gasteiger partial charge in [-0.3, -0.25) is 4.98 Å². The largest absolute Gasteiger partial charge is 0.398 e. The summed E-state index contributed by atoms with van der Waals surface area (Å²) in [6, 6.07) is 7.32. The molecule has 0 spiro atoms. The Hall–Kier alpha value is -1.99. The third-order valence-electron chi connectivity index (χ3n) is 2.52. The topological polar surface area (TPSA) is 85.1 Å². The first-order valence-electron chi connectivity index (χ1n) is 5.43. The number of sulfonamides is 1. The van der Waals surface area contributed by atoms with Crippen LogP contribution in [0.2, 0.25) is 0 Å². The van der Waals surface area contributed by atoms with Crippen LogP contribution in [0.15, 0.2) is 47.6 Å². The number of rotatable bonds is 4. The summed E-state index contributed by atoms with van der Waals surface area (Å²) >= 11 is 0. The molecule has 0 unspecified atom stereocenters. The highest BCUT2D eigenvalue weighted by atomic mass is 32.2. The summed E-state index contributed by atoms with van der Waals surface area (Å²) in [7, 11) is -3.81. The molecule has 2 rings (SSSR count). The van der Waals surface area contributed by atoms with Gasteiger partial charge in [-0.15, -0.1) is 0 Å². The number of nitrogen functional groups attached to an aromatic ring is 1. The summed E-state index contributed by atoms with van der Waals surface area (Å²) in [6.45, 7) is -0.149. The Morgan fingerprint density at radius 2 is 2.00 bits per heavy atom. The first kappa shape index (κ1) is 13.4. The lowest BCUT2D eigenvalue weighted by atomic mass is 10.2. The van der Waals surface area contributed by atoms with E-state index in [0.717, 1.165) is 6.20 Å². The van der Waals surface area contributed by atoms with Crippen LogP contribution in [-0.4, -0.2) is 13.4 Å². The van der Waals surface area contributed by atoms with Crippen LogP contribution in [0.25, 0.3) is 0 Å². The van der Waals surface area contributed by atoms with Gasteiger partial charge in [-0.1, -0.05) is 18.2 Å². The van der Waals surface area contributed by atoms with Gasteiger partial charge in [-0.2, -0.15) is 0 Å². The normalized spacial score (nSPS) is 11.4.